The van der Waals surface area contributed by atoms with E-state index in [9.17, 15) is 10.1 Å². The van der Waals surface area contributed by atoms with Gasteiger partial charge in [0, 0.05) is 17.3 Å². The monoisotopic (exact) mass is 435 g/mol. The molecule has 0 aliphatic carbocycles. The van der Waals surface area contributed by atoms with Crippen LogP contribution in [0.25, 0.3) is 11.3 Å². The Bertz CT molecular complexity index is 1360. The number of hydrogen-bond donors (Lipinski definition) is 0. The Morgan fingerprint density at radius 3 is 2.58 bits per heavy atom. The number of ether oxygens (including phenoxy) is 1. The van der Waals surface area contributed by atoms with Crippen molar-refractivity contribution in [1.29, 1.82) is 5.26 Å². The van der Waals surface area contributed by atoms with Crippen LogP contribution >= 0.6 is 0 Å². The Morgan fingerprint density at radius 2 is 1.76 bits per heavy atom. The molecule has 7 nitrogen and oxygen atoms in total. The molecule has 0 fully saturated rings. The van der Waals surface area contributed by atoms with Gasteiger partial charge in [0.25, 0.3) is 0 Å². The zero-order valence-corrected chi connectivity index (χ0v) is 18.0. The van der Waals surface area contributed by atoms with Gasteiger partial charge in [-0.05, 0) is 55.7 Å². The molecule has 1 amide bonds. The minimum Gasteiger partial charge on any atom is -0.457 e. The second kappa shape index (κ2) is 8.60. The van der Waals surface area contributed by atoms with Gasteiger partial charge in [0.15, 0.2) is 5.69 Å². The fraction of sp³-hybridized carbons (Fsp3) is 0.154. The molecule has 1 aliphatic rings. The molecule has 0 saturated carbocycles. The number of nitriles is 1. The molecular weight excluding hydrogens is 414 g/mol. The summed E-state index contributed by atoms with van der Waals surface area (Å²) in [4.78, 5) is 15.3. The highest BCUT2D eigenvalue weighted by molar-refractivity contribution is 5.96. The second-order valence-corrected chi connectivity index (χ2v) is 7.89. The quantitative estimate of drug-likeness (QED) is 0.429. The van der Waals surface area contributed by atoms with Crippen LogP contribution in [-0.4, -0.2) is 27.1 Å². The number of aryl methyl sites for hydroxylation is 1. The first-order chi connectivity index (χ1) is 16.2. The lowest BCUT2D eigenvalue weighted by Gasteiger charge is -2.34. The van der Waals surface area contributed by atoms with Crippen LogP contribution < -0.4 is 9.64 Å². The van der Waals surface area contributed by atoms with Gasteiger partial charge in [0.2, 0.25) is 0 Å². The van der Waals surface area contributed by atoms with E-state index >= 15 is 0 Å². The van der Waals surface area contributed by atoms with Gasteiger partial charge in [-0.1, -0.05) is 53.7 Å². The van der Waals surface area contributed by atoms with Crippen molar-refractivity contribution in [1.82, 2.24) is 15.0 Å². The average Bonchev–Trinajstić information content (AvgIpc) is 3.28. The fourth-order valence-corrected chi connectivity index (χ4v) is 4.15. The van der Waals surface area contributed by atoms with Crippen molar-refractivity contribution in [3.63, 3.8) is 0 Å². The molecule has 1 aromatic heterocycles. The molecular formula is C26H21N5O2. The third kappa shape index (κ3) is 3.72. The van der Waals surface area contributed by atoms with Gasteiger partial charge in [0.1, 0.15) is 23.3 Å². The zero-order valence-electron chi connectivity index (χ0n) is 18.0. The van der Waals surface area contributed by atoms with Crippen LogP contribution in [-0.2, 0) is 6.42 Å². The summed E-state index contributed by atoms with van der Waals surface area (Å²) in [6.07, 6.45) is 1.74. The summed E-state index contributed by atoms with van der Waals surface area (Å²) in [5, 5.41) is 18.3. The minimum absolute atomic E-state index is 0.0275. The number of amides is 1. The van der Waals surface area contributed by atoms with Gasteiger partial charge in [-0.3, -0.25) is 4.90 Å². The predicted octanol–water partition coefficient (Wildman–Crippen LogP) is 5.42. The number of para-hydroxylation sites is 3. The maximum atomic E-state index is 13.6. The molecule has 162 valence electrons. The maximum Gasteiger partial charge on any atom is 0.352 e. The molecule has 3 aromatic carbocycles. The highest BCUT2D eigenvalue weighted by Crippen LogP contribution is 2.35. The Hall–Kier alpha value is -4.44. The summed E-state index contributed by atoms with van der Waals surface area (Å²) in [5.74, 6) is 1.18. The molecule has 2 heterocycles. The largest absolute Gasteiger partial charge is 0.457 e. The molecule has 7 heteroatoms. The molecule has 5 rings (SSSR count). The van der Waals surface area contributed by atoms with Crippen LogP contribution in [0, 0.1) is 11.3 Å². The molecule has 33 heavy (non-hydrogen) atoms. The molecule has 1 aliphatic heterocycles. The normalized spacial score (nSPS) is 14.9. The molecule has 0 N–H and O–H groups in total. The van der Waals surface area contributed by atoms with E-state index in [-0.39, 0.29) is 11.7 Å². The number of rotatable bonds is 3. The van der Waals surface area contributed by atoms with Crippen molar-refractivity contribution < 1.29 is 9.53 Å². The lowest BCUT2D eigenvalue weighted by molar-refractivity contribution is 0.241. The fourth-order valence-electron chi connectivity index (χ4n) is 4.15. The number of carbonyl (C=O) groups excluding carboxylic acids is 1. The summed E-state index contributed by atoms with van der Waals surface area (Å²) in [6.45, 7) is 2.00. The molecule has 0 radical (unpaired) electrons. The molecule has 4 aromatic rings. The summed E-state index contributed by atoms with van der Waals surface area (Å²) in [7, 11) is 0. The summed E-state index contributed by atoms with van der Waals surface area (Å²) in [6, 6.07) is 26.2. The first-order valence-electron chi connectivity index (χ1n) is 10.8. The van der Waals surface area contributed by atoms with E-state index in [4.69, 9.17) is 4.74 Å². The highest BCUT2D eigenvalue weighted by Gasteiger charge is 2.32. The number of aromatic nitrogens is 3. The van der Waals surface area contributed by atoms with Crippen molar-refractivity contribution in [3.8, 4) is 28.8 Å². The molecule has 1 atom stereocenters. The third-order valence-corrected chi connectivity index (χ3v) is 5.80. The van der Waals surface area contributed by atoms with Crippen molar-refractivity contribution in [3.05, 3.63) is 90.1 Å². The number of hydrogen-bond acceptors (Lipinski definition) is 5. The highest BCUT2D eigenvalue weighted by atomic mass is 16.5. The molecule has 0 bridgehead atoms. The smallest absolute Gasteiger partial charge is 0.352 e. The van der Waals surface area contributed by atoms with Gasteiger partial charge in [-0.2, -0.15) is 5.26 Å². The number of anilines is 1. The Balaban J connectivity index is 1.55. The Labute approximate surface area is 191 Å². The Morgan fingerprint density at radius 1 is 1.03 bits per heavy atom. The number of benzene rings is 3. The lowest BCUT2D eigenvalue weighted by Crippen LogP contribution is -2.45. The first kappa shape index (κ1) is 20.5. The SMILES string of the molecule is CC1CCc2ccccc2N1C(=O)n1nnc(-c2ccccc2Oc2ccccc2)c1C#N. The van der Waals surface area contributed by atoms with Crippen molar-refractivity contribution in [2.75, 3.05) is 4.90 Å². The van der Waals surface area contributed by atoms with Crippen LogP contribution in [0.2, 0.25) is 0 Å². The molecule has 0 saturated heterocycles. The van der Waals surface area contributed by atoms with Gasteiger partial charge in [-0.25, -0.2) is 4.79 Å². The van der Waals surface area contributed by atoms with Gasteiger partial charge in [-0.15, -0.1) is 9.78 Å². The maximum absolute atomic E-state index is 13.6. The van der Waals surface area contributed by atoms with E-state index in [0.29, 0.717) is 22.8 Å². The van der Waals surface area contributed by atoms with Crippen LogP contribution in [0.3, 0.4) is 0 Å². The van der Waals surface area contributed by atoms with E-state index in [2.05, 4.69) is 16.4 Å². The topological polar surface area (TPSA) is 84.0 Å². The zero-order chi connectivity index (χ0) is 22.8. The van der Waals surface area contributed by atoms with E-state index in [0.717, 1.165) is 28.8 Å². The standard InChI is InChI=1S/C26H21N5O2/c1-18-15-16-19-9-5-7-13-22(19)30(18)26(32)31-23(17-27)25(28-29-31)21-12-6-8-14-24(21)33-20-10-3-2-4-11-20/h2-14,18H,15-16H2,1H3. The number of nitrogens with zero attached hydrogens (tertiary/aromatic N) is 5. The van der Waals surface area contributed by atoms with Gasteiger partial charge in [0.05, 0.1) is 0 Å². The molecule has 1 unspecified atom stereocenters. The van der Waals surface area contributed by atoms with Crippen LogP contribution in [0.4, 0.5) is 10.5 Å². The van der Waals surface area contributed by atoms with Crippen molar-refractivity contribution in [2.24, 2.45) is 0 Å². The van der Waals surface area contributed by atoms with E-state index < -0.39 is 6.03 Å². The average molecular weight is 435 g/mol. The predicted molar refractivity (Wildman–Crippen MR) is 124 cm³/mol. The van der Waals surface area contributed by atoms with E-state index in [1.165, 1.54) is 0 Å². The van der Waals surface area contributed by atoms with E-state index in [1.54, 1.807) is 17.0 Å². The molecule has 0 spiro atoms. The second-order valence-electron chi connectivity index (χ2n) is 7.89. The van der Waals surface area contributed by atoms with Crippen LogP contribution in [0.1, 0.15) is 24.6 Å². The van der Waals surface area contributed by atoms with Crippen LogP contribution in [0.15, 0.2) is 78.9 Å². The lowest BCUT2D eigenvalue weighted by atomic mass is 9.97. The summed E-state index contributed by atoms with van der Waals surface area (Å²) in [5.41, 5.74) is 2.90. The van der Waals surface area contributed by atoms with E-state index in [1.807, 2.05) is 73.7 Å². The van der Waals surface area contributed by atoms with Gasteiger partial charge < -0.3 is 4.74 Å². The summed E-state index contributed by atoms with van der Waals surface area (Å²) < 4.78 is 7.12. The number of fused-ring (bicyclic) bond motifs is 1. The van der Waals surface area contributed by atoms with Gasteiger partial charge >= 0.3 is 6.03 Å². The van der Waals surface area contributed by atoms with Crippen molar-refractivity contribution >= 4 is 11.7 Å². The Kier molecular flexibility index (Phi) is 5.33. The van der Waals surface area contributed by atoms with Crippen molar-refractivity contribution in [2.45, 2.75) is 25.8 Å². The summed E-state index contributed by atoms with van der Waals surface area (Å²) >= 11 is 0. The number of carbonyl (C=O) groups is 1. The third-order valence-electron chi connectivity index (χ3n) is 5.80. The van der Waals surface area contributed by atoms with Crippen LogP contribution in [0.5, 0.6) is 11.5 Å². The minimum atomic E-state index is -0.397. The first-order valence-corrected chi connectivity index (χ1v) is 10.8.